The fourth-order valence-corrected chi connectivity index (χ4v) is 2.96. The minimum Gasteiger partial charge on any atom is -0.463 e. The molecule has 0 radical (unpaired) electrons. The molecule has 0 saturated heterocycles. The summed E-state index contributed by atoms with van der Waals surface area (Å²) in [4.78, 5) is 16.8. The monoisotopic (exact) mass is 351 g/mol. The molecule has 0 bridgehead atoms. The van der Waals surface area contributed by atoms with Gasteiger partial charge in [-0.05, 0) is 23.8 Å². The number of halogens is 1. The molecular formula is C19H14ClN3O2. The number of rotatable bonds is 4. The molecule has 0 fully saturated rings. The molecule has 0 aliphatic carbocycles. The quantitative estimate of drug-likeness (QED) is 0.585. The number of pyridine rings is 1. The van der Waals surface area contributed by atoms with Gasteiger partial charge in [0.2, 0.25) is 0 Å². The lowest BCUT2D eigenvalue weighted by Crippen LogP contribution is -2.17. The summed E-state index contributed by atoms with van der Waals surface area (Å²) >= 11 is 6.28. The number of aromatic nitrogens is 2. The summed E-state index contributed by atoms with van der Waals surface area (Å²) in [5, 5.41) is 3.51. The van der Waals surface area contributed by atoms with Gasteiger partial charge in [-0.2, -0.15) is 0 Å². The molecular weight excluding hydrogens is 338 g/mol. The van der Waals surface area contributed by atoms with Gasteiger partial charge in [0.25, 0.3) is 5.91 Å². The van der Waals surface area contributed by atoms with Crippen molar-refractivity contribution in [3.8, 4) is 0 Å². The predicted octanol–water partition coefficient (Wildman–Crippen LogP) is 4.58. The molecule has 3 heterocycles. The summed E-state index contributed by atoms with van der Waals surface area (Å²) < 4.78 is 7.36. The highest BCUT2D eigenvalue weighted by molar-refractivity contribution is 6.31. The molecule has 1 amide bonds. The van der Waals surface area contributed by atoms with Crippen LogP contribution in [0.5, 0.6) is 0 Å². The Hall–Kier alpha value is -3.05. The number of carbonyl (C=O) groups excluding carboxylic acids is 1. The highest BCUT2D eigenvalue weighted by Crippen LogP contribution is 2.25. The molecule has 4 aromatic rings. The molecule has 124 valence electrons. The third-order valence-corrected chi connectivity index (χ3v) is 4.33. The highest BCUT2D eigenvalue weighted by atomic mass is 35.5. The van der Waals surface area contributed by atoms with Crippen LogP contribution in [-0.4, -0.2) is 15.5 Å². The second kappa shape index (κ2) is 6.45. The molecule has 4 rings (SSSR count). The smallest absolute Gasteiger partial charge is 0.272 e. The minimum absolute atomic E-state index is 0.230. The second-order valence-corrected chi connectivity index (χ2v) is 5.98. The van der Waals surface area contributed by atoms with Crippen LogP contribution in [0.1, 0.15) is 16.1 Å². The summed E-state index contributed by atoms with van der Waals surface area (Å²) in [7, 11) is 0. The Bertz CT molecular complexity index is 1040. The Morgan fingerprint density at radius 1 is 1.20 bits per heavy atom. The number of furan rings is 1. The average molecular weight is 352 g/mol. The van der Waals surface area contributed by atoms with Crippen molar-refractivity contribution < 1.29 is 9.21 Å². The van der Waals surface area contributed by atoms with E-state index in [1.807, 2.05) is 34.9 Å². The summed E-state index contributed by atoms with van der Waals surface area (Å²) in [6.07, 6.45) is 4.86. The van der Waals surface area contributed by atoms with E-state index in [0.29, 0.717) is 28.5 Å². The molecule has 1 aromatic carbocycles. The number of nitrogens with zero attached hydrogens (tertiary/aromatic N) is 2. The van der Waals surface area contributed by atoms with Gasteiger partial charge in [-0.1, -0.05) is 29.8 Å². The van der Waals surface area contributed by atoms with Crippen molar-refractivity contribution in [2.75, 3.05) is 5.32 Å². The molecule has 0 aliphatic heterocycles. The van der Waals surface area contributed by atoms with Crippen LogP contribution in [0.15, 0.2) is 71.6 Å². The SMILES string of the molecule is O=C(Nc1cccnc1)c1cc2occc2n1Cc1ccccc1Cl. The van der Waals surface area contributed by atoms with Gasteiger partial charge in [0.05, 0.1) is 23.7 Å². The zero-order chi connectivity index (χ0) is 17.2. The Labute approximate surface area is 148 Å². The maximum Gasteiger partial charge on any atom is 0.272 e. The van der Waals surface area contributed by atoms with Gasteiger partial charge < -0.3 is 14.3 Å². The van der Waals surface area contributed by atoms with E-state index in [2.05, 4.69) is 10.3 Å². The van der Waals surface area contributed by atoms with E-state index in [9.17, 15) is 4.79 Å². The Kier molecular flexibility index (Phi) is 3.99. The molecule has 0 atom stereocenters. The van der Waals surface area contributed by atoms with E-state index in [0.717, 1.165) is 11.1 Å². The van der Waals surface area contributed by atoms with Crippen LogP contribution < -0.4 is 5.32 Å². The number of benzene rings is 1. The molecule has 6 heteroatoms. The molecule has 5 nitrogen and oxygen atoms in total. The molecule has 3 aromatic heterocycles. The molecule has 0 spiro atoms. The van der Waals surface area contributed by atoms with Crippen LogP contribution in [-0.2, 0) is 6.54 Å². The minimum atomic E-state index is -0.230. The van der Waals surface area contributed by atoms with Crippen molar-refractivity contribution in [3.63, 3.8) is 0 Å². The number of hydrogen-bond donors (Lipinski definition) is 1. The van der Waals surface area contributed by atoms with Crippen LogP contribution in [0.4, 0.5) is 5.69 Å². The first-order valence-corrected chi connectivity index (χ1v) is 8.12. The van der Waals surface area contributed by atoms with Crippen LogP contribution >= 0.6 is 11.6 Å². The van der Waals surface area contributed by atoms with E-state index in [4.69, 9.17) is 16.0 Å². The van der Waals surface area contributed by atoms with Crippen molar-refractivity contribution in [3.05, 3.63) is 83.5 Å². The van der Waals surface area contributed by atoms with Crippen molar-refractivity contribution in [1.29, 1.82) is 0 Å². The molecule has 0 saturated carbocycles. The Balaban J connectivity index is 1.73. The fourth-order valence-electron chi connectivity index (χ4n) is 2.76. The summed E-state index contributed by atoms with van der Waals surface area (Å²) in [5.41, 5.74) is 3.56. The lowest BCUT2D eigenvalue weighted by atomic mass is 10.2. The lowest BCUT2D eigenvalue weighted by molar-refractivity contribution is 0.101. The van der Waals surface area contributed by atoms with Gasteiger partial charge >= 0.3 is 0 Å². The normalized spacial score (nSPS) is 10.9. The molecule has 0 unspecified atom stereocenters. The van der Waals surface area contributed by atoms with Gasteiger partial charge in [0, 0.05) is 29.9 Å². The molecule has 0 aliphatic rings. The average Bonchev–Trinajstić information content (AvgIpc) is 3.20. The van der Waals surface area contributed by atoms with Gasteiger partial charge in [-0.25, -0.2) is 0 Å². The summed E-state index contributed by atoms with van der Waals surface area (Å²) in [6, 6.07) is 14.7. The van der Waals surface area contributed by atoms with E-state index < -0.39 is 0 Å². The largest absolute Gasteiger partial charge is 0.463 e. The van der Waals surface area contributed by atoms with Crippen molar-refractivity contribution >= 4 is 34.3 Å². The van der Waals surface area contributed by atoms with Crippen LogP contribution in [0.3, 0.4) is 0 Å². The number of amides is 1. The molecule has 25 heavy (non-hydrogen) atoms. The zero-order valence-electron chi connectivity index (χ0n) is 13.1. The number of anilines is 1. The second-order valence-electron chi connectivity index (χ2n) is 5.57. The summed E-state index contributed by atoms with van der Waals surface area (Å²) in [5.74, 6) is -0.230. The van der Waals surface area contributed by atoms with Crippen LogP contribution in [0.2, 0.25) is 5.02 Å². The van der Waals surface area contributed by atoms with Gasteiger partial charge in [-0.3, -0.25) is 9.78 Å². The third-order valence-electron chi connectivity index (χ3n) is 3.96. The van der Waals surface area contributed by atoms with Gasteiger partial charge in [0.1, 0.15) is 5.69 Å². The zero-order valence-corrected chi connectivity index (χ0v) is 13.9. The molecule has 1 N–H and O–H groups in total. The first-order valence-electron chi connectivity index (χ1n) is 7.74. The standard InChI is InChI=1S/C19H14ClN3O2/c20-15-6-2-1-4-13(15)12-23-16-7-9-25-18(16)10-17(23)19(24)22-14-5-3-8-21-11-14/h1-11H,12H2,(H,22,24). The summed E-state index contributed by atoms with van der Waals surface area (Å²) in [6.45, 7) is 0.471. The number of carbonyl (C=O) groups is 1. The van der Waals surface area contributed by atoms with E-state index in [1.165, 1.54) is 0 Å². The maximum absolute atomic E-state index is 12.7. The highest BCUT2D eigenvalue weighted by Gasteiger charge is 2.18. The van der Waals surface area contributed by atoms with Crippen molar-refractivity contribution in [2.24, 2.45) is 0 Å². The first kappa shape index (κ1) is 15.5. The number of nitrogens with one attached hydrogen (secondary N) is 1. The topological polar surface area (TPSA) is 60.1 Å². The first-order chi connectivity index (χ1) is 12.2. The Morgan fingerprint density at radius 2 is 2.08 bits per heavy atom. The number of hydrogen-bond acceptors (Lipinski definition) is 3. The van der Waals surface area contributed by atoms with E-state index in [-0.39, 0.29) is 5.91 Å². The van der Waals surface area contributed by atoms with Gasteiger partial charge in [0.15, 0.2) is 5.58 Å². The maximum atomic E-state index is 12.7. The van der Waals surface area contributed by atoms with Crippen LogP contribution in [0.25, 0.3) is 11.1 Å². The number of fused-ring (bicyclic) bond motifs is 1. The van der Waals surface area contributed by atoms with E-state index >= 15 is 0 Å². The fraction of sp³-hybridized carbons (Fsp3) is 0.0526. The van der Waals surface area contributed by atoms with E-state index in [1.54, 1.807) is 36.9 Å². The van der Waals surface area contributed by atoms with Crippen molar-refractivity contribution in [2.45, 2.75) is 6.54 Å². The van der Waals surface area contributed by atoms with Crippen molar-refractivity contribution in [1.82, 2.24) is 9.55 Å². The van der Waals surface area contributed by atoms with Gasteiger partial charge in [-0.15, -0.1) is 0 Å². The van der Waals surface area contributed by atoms with Crippen LogP contribution in [0, 0.1) is 0 Å². The lowest BCUT2D eigenvalue weighted by Gasteiger charge is -2.11. The Morgan fingerprint density at radius 3 is 2.88 bits per heavy atom. The third kappa shape index (κ3) is 3.02. The predicted molar refractivity (Wildman–Crippen MR) is 96.9 cm³/mol.